The van der Waals surface area contributed by atoms with Crippen LogP contribution in [0.2, 0.25) is 5.02 Å². The van der Waals surface area contributed by atoms with Crippen LogP contribution < -0.4 is 0 Å². The Morgan fingerprint density at radius 2 is 1.81 bits per heavy atom. The van der Waals surface area contributed by atoms with Crippen LogP contribution >= 0.6 is 11.6 Å². The van der Waals surface area contributed by atoms with E-state index in [1.807, 2.05) is 12.1 Å². The minimum absolute atomic E-state index is 0.303. The van der Waals surface area contributed by atoms with E-state index in [1.165, 1.54) is 19.2 Å². The molecule has 0 bridgehead atoms. The van der Waals surface area contributed by atoms with E-state index in [2.05, 4.69) is 11.2 Å². The molecule has 0 amide bonds. The highest BCUT2D eigenvalue weighted by molar-refractivity contribution is 6.31. The van der Waals surface area contributed by atoms with Crippen LogP contribution in [-0.4, -0.2) is 22.9 Å². The molecule has 0 aliphatic heterocycles. The van der Waals surface area contributed by atoms with Crippen LogP contribution in [0.1, 0.15) is 27.2 Å². The van der Waals surface area contributed by atoms with Crippen molar-refractivity contribution >= 4 is 40.1 Å². The Balaban J connectivity index is 1.76. The molecule has 1 aromatic heterocycles. The van der Waals surface area contributed by atoms with Gasteiger partial charge in [0.15, 0.2) is 0 Å². The van der Waals surface area contributed by atoms with E-state index < -0.39 is 5.97 Å². The Morgan fingerprint density at radius 1 is 1.12 bits per heavy atom. The lowest BCUT2D eigenvalue weighted by Crippen LogP contribution is -2.02. The largest absolute Gasteiger partial charge is 0.465 e. The third kappa shape index (κ3) is 4.39. The first kappa shape index (κ1) is 21.3. The fourth-order valence-electron chi connectivity index (χ4n) is 3.38. The number of benzene rings is 3. The van der Waals surface area contributed by atoms with Crippen molar-refractivity contribution < 1.29 is 13.9 Å². The molecule has 0 radical (unpaired) electrons. The lowest BCUT2D eigenvalue weighted by molar-refractivity contribution is 0.0600. The number of esters is 1. The van der Waals surface area contributed by atoms with Crippen LogP contribution in [0, 0.1) is 17.1 Å². The van der Waals surface area contributed by atoms with Gasteiger partial charge in [0.25, 0.3) is 0 Å². The average molecular weight is 446 g/mol. The van der Waals surface area contributed by atoms with Gasteiger partial charge in [-0.1, -0.05) is 35.9 Å². The average Bonchev–Trinajstić information content (AvgIpc) is 3.14. The van der Waals surface area contributed by atoms with Crippen molar-refractivity contribution in [3.63, 3.8) is 0 Å². The Labute approximate surface area is 188 Å². The van der Waals surface area contributed by atoms with Gasteiger partial charge in [-0.05, 0) is 59.7 Å². The number of halogens is 2. The number of aromatic nitrogens is 2. The summed E-state index contributed by atoms with van der Waals surface area (Å²) in [4.78, 5) is 11.7. The summed E-state index contributed by atoms with van der Waals surface area (Å²) in [7, 11) is 1.32. The van der Waals surface area contributed by atoms with Gasteiger partial charge in [0.2, 0.25) is 0 Å². The summed E-state index contributed by atoms with van der Waals surface area (Å²) in [5, 5.41) is 15.8. The third-order valence-electron chi connectivity index (χ3n) is 5.01. The van der Waals surface area contributed by atoms with E-state index in [4.69, 9.17) is 16.3 Å². The molecule has 4 rings (SSSR count). The van der Waals surface area contributed by atoms with Gasteiger partial charge >= 0.3 is 5.97 Å². The van der Waals surface area contributed by atoms with E-state index in [0.29, 0.717) is 34.0 Å². The van der Waals surface area contributed by atoms with Gasteiger partial charge in [-0.2, -0.15) is 10.4 Å². The molecule has 0 N–H and O–H groups in total. The number of hydrogen-bond acceptors (Lipinski definition) is 4. The number of hydrogen-bond donors (Lipinski definition) is 0. The number of ether oxygens (including phenoxy) is 1. The maximum atomic E-state index is 13.3. The zero-order valence-electron chi connectivity index (χ0n) is 17.0. The fourth-order valence-corrected chi connectivity index (χ4v) is 3.55. The lowest BCUT2D eigenvalue weighted by Gasteiger charge is -2.04. The van der Waals surface area contributed by atoms with Crippen LogP contribution in [0.4, 0.5) is 4.39 Å². The first-order chi connectivity index (χ1) is 15.5. The highest BCUT2D eigenvalue weighted by atomic mass is 35.5. The van der Waals surface area contributed by atoms with Crippen molar-refractivity contribution in [3.05, 3.63) is 100.0 Å². The molecule has 0 fully saturated rings. The van der Waals surface area contributed by atoms with Crippen LogP contribution in [0.25, 0.3) is 22.6 Å². The molecular weight excluding hydrogens is 429 g/mol. The Morgan fingerprint density at radius 3 is 2.47 bits per heavy atom. The van der Waals surface area contributed by atoms with E-state index in [9.17, 15) is 14.4 Å². The summed E-state index contributed by atoms with van der Waals surface area (Å²) in [6.07, 6.45) is 1.70. The summed E-state index contributed by atoms with van der Waals surface area (Å²) in [5.74, 6) is -0.746. The predicted octanol–water partition coefficient (Wildman–Crippen LogP) is 5.73. The molecule has 32 heavy (non-hydrogen) atoms. The van der Waals surface area contributed by atoms with Crippen LogP contribution in [0.3, 0.4) is 0 Å². The van der Waals surface area contributed by atoms with Crippen molar-refractivity contribution in [1.29, 1.82) is 5.26 Å². The summed E-state index contributed by atoms with van der Waals surface area (Å²) in [6, 6.07) is 20.4. The Kier molecular flexibility index (Phi) is 6.02. The van der Waals surface area contributed by atoms with E-state index in [-0.39, 0.29) is 5.82 Å². The van der Waals surface area contributed by atoms with Gasteiger partial charge < -0.3 is 4.74 Å². The number of fused-ring (bicyclic) bond motifs is 1. The second-order valence-corrected chi connectivity index (χ2v) is 7.51. The smallest absolute Gasteiger partial charge is 0.337 e. The van der Waals surface area contributed by atoms with Gasteiger partial charge in [0.05, 0.1) is 42.1 Å². The molecule has 158 valence electrons. The van der Waals surface area contributed by atoms with Crippen LogP contribution in [-0.2, 0) is 11.3 Å². The maximum absolute atomic E-state index is 13.3. The second kappa shape index (κ2) is 9.04. The summed E-state index contributed by atoms with van der Waals surface area (Å²) in [5.41, 5.74) is 3.72. The Hall–Kier alpha value is -3.95. The van der Waals surface area contributed by atoms with Gasteiger partial charge in [0, 0.05) is 10.4 Å². The summed E-state index contributed by atoms with van der Waals surface area (Å²) >= 11 is 6.21. The molecule has 1 heterocycles. The maximum Gasteiger partial charge on any atom is 0.337 e. The summed E-state index contributed by atoms with van der Waals surface area (Å²) in [6.45, 7) is 0.417. The molecule has 0 spiro atoms. The number of nitriles is 1. The molecule has 0 atom stereocenters. The molecule has 0 unspecified atom stereocenters. The topological polar surface area (TPSA) is 67.9 Å². The van der Waals surface area contributed by atoms with E-state index in [1.54, 1.807) is 53.2 Å². The predicted molar refractivity (Wildman–Crippen MR) is 122 cm³/mol. The normalized spacial score (nSPS) is 11.4. The molecule has 0 saturated carbocycles. The van der Waals surface area contributed by atoms with Crippen molar-refractivity contribution in [2.75, 3.05) is 7.11 Å². The molecule has 3 aromatic carbocycles. The zero-order valence-corrected chi connectivity index (χ0v) is 17.8. The van der Waals surface area contributed by atoms with Crippen LogP contribution in [0.5, 0.6) is 0 Å². The monoisotopic (exact) mass is 445 g/mol. The number of nitrogens with zero attached hydrogens (tertiary/aromatic N) is 3. The van der Waals surface area contributed by atoms with Gasteiger partial charge in [0.1, 0.15) is 5.82 Å². The van der Waals surface area contributed by atoms with Gasteiger partial charge in [-0.25, -0.2) is 9.18 Å². The SMILES string of the molecule is COC(=O)c1ccc(C(C#N)=Cc2nn(Cc3ccc(F)cc3)c3cc(Cl)ccc23)cc1. The Bertz CT molecular complexity index is 1370. The highest BCUT2D eigenvalue weighted by Crippen LogP contribution is 2.27. The van der Waals surface area contributed by atoms with Crippen molar-refractivity contribution in [3.8, 4) is 6.07 Å². The van der Waals surface area contributed by atoms with Crippen molar-refractivity contribution in [2.24, 2.45) is 0 Å². The highest BCUT2D eigenvalue weighted by Gasteiger charge is 2.13. The first-order valence-corrected chi connectivity index (χ1v) is 10.1. The number of allylic oxidation sites excluding steroid dienone is 1. The van der Waals surface area contributed by atoms with E-state index in [0.717, 1.165) is 16.5 Å². The van der Waals surface area contributed by atoms with Gasteiger partial charge in [-0.15, -0.1) is 0 Å². The quantitative estimate of drug-likeness (QED) is 0.290. The molecule has 0 saturated heterocycles. The minimum atomic E-state index is -0.443. The minimum Gasteiger partial charge on any atom is -0.465 e. The van der Waals surface area contributed by atoms with Crippen molar-refractivity contribution in [1.82, 2.24) is 9.78 Å². The number of methoxy groups -OCH3 is 1. The number of rotatable bonds is 5. The zero-order chi connectivity index (χ0) is 22.7. The molecule has 7 heteroatoms. The molecule has 5 nitrogen and oxygen atoms in total. The van der Waals surface area contributed by atoms with Crippen molar-refractivity contribution in [2.45, 2.75) is 6.54 Å². The fraction of sp³-hybridized carbons (Fsp3) is 0.0800. The number of carbonyl (C=O) groups is 1. The third-order valence-corrected chi connectivity index (χ3v) is 5.24. The lowest BCUT2D eigenvalue weighted by atomic mass is 10.0. The first-order valence-electron chi connectivity index (χ1n) is 9.69. The molecule has 4 aromatic rings. The van der Waals surface area contributed by atoms with Gasteiger partial charge in [-0.3, -0.25) is 4.68 Å². The molecular formula is C25H17ClFN3O2. The second-order valence-electron chi connectivity index (χ2n) is 7.07. The van der Waals surface area contributed by atoms with Crippen LogP contribution in [0.15, 0.2) is 66.7 Å². The van der Waals surface area contributed by atoms with E-state index >= 15 is 0 Å². The summed E-state index contributed by atoms with van der Waals surface area (Å²) < 4.78 is 19.7. The molecule has 0 aliphatic rings. The molecule has 0 aliphatic carbocycles. The standard InChI is InChI=1S/C25H17ClFN3O2/c1-32-25(31)18-6-4-17(5-7-18)19(14-28)12-23-22-11-8-20(26)13-24(22)30(29-23)15-16-2-9-21(27)10-3-16/h2-13H,15H2,1H3. The number of carbonyl (C=O) groups excluding carboxylic acids is 1.